The third-order valence-corrected chi connectivity index (χ3v) is 5.06. The Labute approximate surface area is 170 Å². The molecule has 0 saturated carbocycles. The number of nitrogens with one attached hydrogen (secondary N) is 1. The molecule has 1 N–H and O–H groups in total. The number of esters is 2. The fourth-order valence-corrected chi connectivity index (χ4v) is 3.51. The molecule has 0 spiro atoms. The maximum Gasteiger partial charge on any atom is 0.345 e. The zero-order valence-corrected chi connectivity index (χ0v) is 17.0. The van der Waals surface area contributed by atoms with Crippen LogP contribution >= 0.6 is 11.3 Å². The number of anilines is 1. The molecule has 0 unspecified atom stereocenters. The molecule has 29 heavy (non-hydrogen) atoms. The molecular weight excluding hydrogens is 400 g/mol. The van der Waals surface area contributed by atoms with Gasteiger partial charge in [-0.05, 0) is 31.9 Å². The Hall–Kier alpha value is -3.27. The summed E-state index contributed by atoms with van der Waals surface area (Å²) < 4.78 is 9.93. The van der Waals surface area contributed by atoms with Gasteiger partial charge in [0.05, 0.1) is 17.1 Å². The quantitative estimate of drug-likeness (QED) is 0.393. The minimum Gasteiger partial charge on any atom is -0.462 e. The Balaban J connectivity index is 2.10. The van der Waals surface area contributed by atoms with Crippen LogP contribution in [0, 0.1) is 17.0 Å². The van der Waals surface area contributed by atoms with E-state index in [0.717, 1.165) is 4.88 Å². The highest BCUT2D eigenvalue weighted by atomic mass is 32.1. The summed E-state index contributed by atoms with van der Waals surface area (Å²) in [4.78, 5) is 47.8. The molecule has 1 aromatic heterocycles. The SMILES string of the molecule is CCOC(=O)c1cc(CC)sc1NC(=O)COC(=O)c1c(C)cccc1[N+](=O)[O-]. The topological polar surface area (TPSA) is 125 Å². The van der Waals surface area contributed by atoms with E-state index >= 15 is 0 Å². The number of benzene rings is 1. The second-order valence-electron chi connectivity index (χ2n) is 5.88. The number of aryl methyl sites for hydroxylation is 2. The lowest BCUT2D eigenvalue weighted by Gasteiger charge is -2.08. The van der Waals surface area contributed by atoms with E-state index < -0.39 is 35.1 Å². The molecule has 1 aromatic carbocycles. The number of thiophene rings is 1. The van der Waals surface area contributed by atoms with Crippen molar-refractivity contribution in [2.45, 2.75) is 27.2 Å². The number of amides is 1. The first-order valence-electron chi connectivity index (χ1n) is 8.79. The molecule has 0 bridgehead atoms. The van der Waals surface area contributed by atoms with Gasteiger partial charge >= 0.3 is 11.9 Å². The van der Waals surface area contributed by atoms with Gasteiger partial charge in [-0.2, -0.15) is 0 Å². The van der Waals surface area contributed by atoms with Gasteiger partial charge in [-0.15, -0.1) is 11.3 Å². The van der Waals surface area contributed by atoms with Crippen molar-refractivity contribution in [2.24, 2.45) is 0 Å². The smallest absolute Gasteiger partial charge is 0.345 e. The lowest BCUT2D eigenvalue weighted by atomic mass is 10.1. The molecule has 0 fully saturated rings. The highest BCUT2D eigenvalue weighted by Crippen LogP contribution is 2.29. The minimum absolute atomic E-state index is 0.191. The first-order valence-corrected chi connectivity index (χ1v) is 9.60. The monoisotopic (exact) mass is 420 g/mol. The maximum atomic E-state index is 12.3. The summed E-state index contributed by atoms with van der Waals surface area (Å²) in [5.41, 5.74) is -0.0178. The van der Waals surface area contributed by atoms with E-state index in [1.54, 1.807) is 13.0 Å². The number of ether oxygens (including phenoxy) is 2. The number of nitrogens with zero attached hydrogens (tertiary/aromatic N) is 1. The van der Waals surface area contributed by atoms with Crippen LogP contribution in [-0.4, -0.2) is 36.0 Å². The highest BCUT2D eigenvalue weighted by Gasteiger charge is 2.25. The van der Waals surface area contributed by atoms with Gasteiger partial charge < -0.3 is 14.8 Å². The first kappa shape index (κ1) is 22.0. The highest BCUT2D eigenvalue weighted by molar-refractivity contribution is 7.16. The summed E-state index contributed by atoms with van der Waals surface area (Å²) in [6.07, 6.45) is 0.666. The van der Waals surface area contributed by atoms with E-state index in [-0.39, 0.29) is 17.7 Å². The van der Waals surface area contributed by atoms with E-state index in [1.165, 1.54) is 36.5 Å². The van der Waals surface area contributed by atoms with E-state index in [1.807, 2.05) is 6.92 Å². The van der Waals surface area contributed by atoms with Gasteiger partial charge in [0.1, 0.15) is 10.6 Å². The van der Waals surface area contributed by atoms with Crippen molar-refractivity contribution in [1.82, 2.24) is 0 Å². The van der Waals surface area contributed by atoms with Gasteiger partial charge in [-0.3, -0.25) is 14.9 Å². The van der Waals surface area contributed by atoms with Crippen molar-refractivity contribution < 1.29 is 28.8 Å². The average Bonchev–Trinajstić information content (AvgIpc) is 3.09. The van der Waals surface area contributed by atoms with Crippen LogP contribution < -0.4 is 5.32 Å². The van der Waals surface area contributed by atoms with E-state index in [2.05, 4.69) is 5.32 Å². The molecule has 0 radical (unpaired) electrons. The molecule has 2 aromatic rings. The van der Waals surface area contributed by atoms with Crippen molar-refractivity contribution in [3.63, 3.8) is 0 Å². The largest absolute Gasteiger partial charge is 0.462 e. The van der Waals surface area contributed by atoms with Crippen LogP contribution in [0.2, 0.25) is 0 Å². The Morgan fingerprint density at radius 1 is 1.17 bits per heavy atom. The van der Waals surface area contributed by atoms with E-state index in [0.29, 0.717) is 17.0 Å². The van der Waals surface area contributed by atoms with Crippen LogP contribution in [0.4, 0.5) is 10.7 Å². The van der Waals surface area contributed by atoms with Crippen LogP contribution in [0.5, 0.6) is 0 Å². The predicted molar refractivity (Wildman–Crippen MR) is 106 cm³/mol. The Morgan fingerprint density at radius 2 is 1.90 bits per heavy atom. The average molecular weight is 420 g/mol. The standard InChI is InChI=1S/C19H20N2O7S/c1-4-12-9-13(18(23)27-5-2)17(29-12)20-15(22)10-28-19(24)16-11(3)7-6-8-14(16)21(25)26/h6-9H,4-5,10H2,1-3H3,(H,20,22). The molecule has 2 rings (SSSR count). The minimum atomic E-state index is -0.976. The fourth-order valence-electron chi connectivity index (χ4n) is 2.51. The lowest BCUT2D eigenvalue weighted by Crippen LogP contribution is -2.22. The molecule has 154 valence electrons. The molecule has 0 aliphatic carbocycles. The molecule has 0 aliphatic heterocycles. The summed E-state index contributed by atoms with van der Waals surface area (Å²) in [5, 5.41) is 13.9. The third kappa shape index (κ3) is 5.38. The molecule has 1 heterocycles. The van der Waals surface area contributed by atoms with Gasteiger partial charge in [0.25, 0.3) is 11.6 Å². The van der Waals surface area contributed by atoms with Gasteiger partial charge in [-0.1, -0.05) is 19.1 Å². The van der Waals surface area contributed by atoms with Crippen LogP contribution in [-0.2, 0) is 20.7 Å². The summed E-state index contributed by atoms with van der Waals surface area (Å²) in [6, 6.07) is 5.82. The van der Waals surface area contributed by atoms with Crippen LogP contribution in [0.3, 0.4) is 0 Å². The Morgan fingerprint density at radius 3 is 2.52 bits per heavy atom. The summed E-state index contributed by atoms with van der Waals surface area (Å²) >= 11 is 1.22. The molecular formula is C19H20N2O7S. The van der Waals surface area contributed by atoms with Crippen LogP contribution in [0.1, 0.15) is 45.0 Å². The van der Waals surface area contributed by atoms with Crippen molar-refractivity contribution in [2.75, 3.05) is 18.5 Å². The number of nitro benzene ring substituents is 1. The van der Waals surface area contributed by atoms with Gasteiger partial charge in [0, 0.05) is 10.9 Å². The summed E-state index contributed by atoms with van der Waals surface area (Å²) in [7, 11) is 0. The van der Waals surface area contributed by atoms with Crippen molar-refractivity contribution in [3.05, 3.63) is 55.9 Å². The number of rotatable bonds is 8. The zero-order valence-electron chi connectivity index (χ0n) is 16.1. The first-order chi connectivity index (χ1) is 13.8. The molecule has 0 atom stereocenters. The summed E-state index contributed by atoms with van der Waals surface area (Å²) in [5.74, 6) is -2.22. The Kier molecular flexibility index (Phi) is 7.43. The van der Waals surface area contributed by atoms with Crippen molar-refractivity contribution in [3.8, 4) is 0 Å². The van der Waals surface area contributed by atoms with Crippen LogP contribution in [0.25, 0.3) is 0 Å². The van der Waals surface area contributed by atoms with Gasteiger partial charge in [0.2, 0.25) is 0 Å². The third-order valence-electron chi connectivity index (χ3n) is 3.87. The van der Waals surface area contributed by atoms with E-state index in [4.69, 9.17) is 9.47 Å². The maximum absolute atomic E-state index is 12.3. The summed E-state index contributed by atoms with van der Waals surface area (Å²) in [6.45, 7) is 4.65. The lowest BCUT2D eigenvalue weighted by molar-refractivity contribution is -0.385. The van der Waals surface area contributed by atoms with Gasteiger partial charge in [0.15, 0.2) is 6.61 Å². The van der Waals surface area contributed by atoms with Gasteiger partial charge in [-0.25, -0.2) is 9.59 Å². The molecule has 9 nitrogen and oxygen atoms in total. The molecule has 0 aliphatic rings. The normalized spacial score (nSPS) is 10.3. The Bertz CT molecular complexity index is 952. The van der Waals surface area contributed by atoms with Crippen molar-refractivity contribution >= 4 is 39.9 Å². The predicted octanol–water partition coefficient (Wildman–Crippen LogP) is 3.50. The van der Waals surface area contributed by atoms with Crippen molar-refractivity contribution in [1.29, 1.82) is 0 Å². The zero-order chi connectivity index (χ0) is 21.6. The second kappa shape index (κ2) is 9.78. The second-order valence-corrected chi connectivity index (χ2v) is 7.02. The fraction of sp³-hybridized carbons (Fsp3) is 0.316. The number of carbonyl (C=O) groups is 3. The number of hydrogen-bond donors (Lipinski definition) is 1. The molecule has 10 heteroatoms. The molecule has 0 saturated heterocycles. The van der Waals surface area contributed by atoms with E-state index in [9.17, 15) is 24.5 Å². The van der Waals surface area contributed by atoms with Crippen LogP contribution in [0.15, 0.2) is 24.3 Å². The molecule has 1 amide bonds. The number of carbonyl (C=O) groups excluding carboxylic acids is 3. The number of nitro groups is 1. The number of hydrogen-bond acceptors (Lipinski definition) is 8.